The molecule has 0 N–H and O–H groups in total. The van der Waals surface area contributed by atoms with Crippen molar-refractivity contribution in [2.75, 3.05) is 44.7 Å². The molecule has 1 atom stereocenters. The van der Waals surface area contributed by atoms with Crippen molar-refractivity contribution in [1.82, 2.24) is 33.9 Å². The van der Waals surface area contributed by atoms with Crippen molar-refractivity contribution in [3.63, 3.8) is 0 Å². The topological polar surface area (TPSA) is 92.4 Å². The second kappa shape index (κ2) is 9.67. The molecule has 0 radical (unpaired) electrons. The first-order valence-corrected chi connectivity index (χ1v) is 12.4. The molecule has 35 heavy (non-hydrogen) atoms. The molecular formula is C24H31ClN8O2. The highest BCUT2D eigenvalue weighted by Gasteiger charge is 2.26. The zero-order valence-corrected chi connectivity index (χ0v) is 21.1. The molecule has 186 valence electrons. The highest BCUT2D eigenvalue weighted by atomic mass is 35.5. The van der Waals surface area contributed by atoms with Gasteiger partial charge < -0.3 is 14.4 Å². The van der Waals surface area contributed by atoms with Gasteiger partial charge in [0.05, 0.1) is 10.5 Å². The van der Waals surface area contributed by atoms with E-state index in [1.165, 1.54) is 10.8 Å². The second-order valence-corrected chi connectivity index (χ2v) is 10.1. The van der Waals surface area contributed by atoms with Gasteiger partial charge in [0.25, 0.3) is 0 Å². The molecule has 0 aromatic carbocycles. The van der Waals surface area contributed by atoms with Crippen molar-refractivity contribution in [2.24, 2.45) is 7.05 Å². The zero-order chi connectivity index (χ0) is 24.7. The van der Waals surface area contributed by atoms with Gasteiger partial charge in [-0.25, -0.2) is 15.0 Å². The van der Waals surface area contributed by atoms with Gasteiger partial charge in [0.1, 0.15) is 0 Å². The van der Waals surface area contributed by atoms with Crippen LogP contribution in [0.3, 0.4) is 0 Å². The van der Waals surface area contributed by atoms with Gasteiger partial charge in [-0.3, -0.25) is 19.1 Å². The van der Waals surface area contributed by atoms with Gasteiger partial charge in [-0.2, -0.15) is 0 Å². The van der Waals surface area contributed by atoms with Crippen LogP contribution < -0.4 is 16.0 Å². The lowest BCUT2D eigenvalue weighted by atomic mass is 10.0. The summed E-state index contributed by atoms with van der Waals surface area (Å²) in [5.74, 6) is 0.699. The number of rotatable bonds is 4. The standard InChI is InChI=1S/C24H31ClN8O2/c1-16-14-31(9-8-29(16)2)15-17-11-27-24(28-12-17)32-6-4-19(5-7-32)33-21-20(10-18(25)13-26-21)30(3)22(34)23(33)35/h10-13,16,19H,4-9,14-15H2,1-3H3/t16-/m0/s1. The van der Waals surface area contributed by atoms with Crippen molar-refractivity contribution in [3.8, 4) is 0 Å². The largest absolute Gasteiger partial charge is 0.341 e. The summed E-state index contributed by atoms with van der Waals surface area (Å²) in [6.45, 7) is 7.66. The predicted octanol–water partition coefficient (Wildman–Crippen LogP) is 1.52. The van der Waals surface area contributed by atoms with E-state index in [0.717, 1.165) is 31.7 Å². The molecular weight excluding hydrogens is 468 g/mol. The number of nitrogens with zero attached hydrogens (tertiary/aromatic N) is 8. The minimum atomic E-state index is -0.572. The molecule has 0 amide bonds. The van der Waals surface area contributed by atoms with E-state index in [2.05, 4.69) is 43.6 Å². The van der Waals surface area contributed by atoms with Gasteiger partial charge in [0.2, 0.25) is 5.95 Å². The summed E-state index contributed by atoms with van der Waals surface area (Å²) in [5.41, 5.74) is 1.03. The number of hydrogen-bond donors (Lipinski definition) is 0. The van der Waals surface area contributed by atoms with Gasteiger partial charge >= 0.3 is 11.1 Å². The van der Waals surface area contributed by atoms with E-state index in [4.69, 9.17) is 11.6 Å². The van der Waals surface area contributed by atoms with Crippen LogP contribution in [0, 0.1) is 0 Å². The average molecular weight is 499 g/mol. The van der Waals surface area contributed by atoms with E-state index in [1.54, 1.807) is 17.7 Å². The third-order valence-electron chi connectivity index (χ3n) is 7.36. The monoisotopic (exact) mass is 498 g/mol. The number of aromatic nitrogens is 5. The maximum absolute atomic E-state index is 12.9. The molecule has 0 bridgehead atoms. The number of piperazine rings is 1. The molecule has 0 saturated carbocycles. The molecule has 5 heterocycles. The van der Waals surface area contributed by atoms with Gasteiger partial charge in [0.15, 0.2) is 5.65 Å². The SMILES string of the molecule is C[C@H]1CN(Cc2cnc(N3CCC(n4c(=O)c(=O)n(C)c5cc(Cl)cnc54)CC3)nc2)CCN1C. The van der Waals surface area contributed by atoms with Crippen LogP contribution in [0.2, 0.25) is 5.02 Å². The Morgan fingerprint density at radius 1 is 0.971 bits per heavy atom. The first kappa shape index (κ1) is 23.9. The summed E-state index contributed by atoms with van der Waals surface area (Å²) in [6.07, 6.45) is 6.74. The number of halogens is 1. The zero-order valence-electron chi connectivity index (χ0n) is 20.4. The highest BCUT2D eigenvalue weighted by molar-refractivity contribution is 6.31. The van der Waals surface area contributed by atoms with E-state index in [0.29, 0.717) is 54.1 Å². The Morgan fingerprint density at radius 3 is 2.37 bits per heavy atom. The Morgan fingerprint density at radius 2 is 1.69 bits per heavy atom. The molecule has 5 rings (SSSR count). The van der Waals surface area contributed by atoms with Crippen LogP contribution in [-0.4, -0.2) is 79.7 Å². The normalized spacial score (nSPS) is 20.6. The summed E-state index contributed by atoms with van der Waals surface area (Å²) in [4.78, 5) is 46.1. The van der Waals surface area contributed by atoms with Gasteiger partial charge in [-0.1, -0.05) is 11.6 Å². The molecule has 2 saturated heterocycles. The smallest absolute Gasteiger partial charge is 0.318 e. The Kier molecular flexibility index (Phi) is 6.61. The van der Waals surface area contributed by atoms with Crippen LogP contribution in [0.5, 0.6) is 0 Å². The molecule has 3 aromatic heterocycles. The van der Waals surface area contributed by atoms with Crippen LogP contribution in [0.15, 0.2) is 34.2 Å². The van der Waals surface area contributed by atoms with Crippen molar-refractivity contribution < 1.29 is 0 Å². The summed E-state index contributed by atoms with van der Waals surface area (Å²) < 4.78 is 2.87. The molecule has 2 aliphatic rings. The Hall–Kier alpha value is -2.82. The van der Waals surface area contributed by atoms with Crippen LogP contribution >= 0.6 is 11.6 Å². The number of likely N-dealkylation sites (N-methyl/N-ethyl adjacent to an activating group) is 1. The molecule has 2 aliphatic heterocycles. The number of hydrogen-bond acceptors (Lipinski definition) is 8. The third kappa shape index (κ3) is 4.70. The molecule has 0 unspecified atom stereocenters. The van der Waals surface area contributed by atoms with E-state index in [9.17, 15) is 9.59 Å². The molecule has 3 aromatic rings. The van der Waals surface area contributed by atoms with Crippen molar-refractivity contribution >= 4 is 28.7 Å². The lowest BCUT2D eigenvalue weighted by Gasteiger charge is -2.37. The van der Waals surface area contributed by atoms with Gasteiger partial charge in [-0.05, 0) is 32.9 Å². The van der Waals surface area contributed by atoms with E-state index >= 15 is 0 Å². The molecule has 11 heteroatoms. The van der Waals surface area contributed by atoms with E-state index in [-0.39, 0.29) is 6.04 Å². The average Bonchev–Trinajstić information content (AvgIpc) is 2.86. The summed E-state index contributed by atoms with van der Waals surface area (Å²) >= 11 is 6.10. The van der Waals surface area contributed by atoms with E-state index < -0.39 is 11.1 Å². The highest BCUT2D eigenvalue weighted by Crippen LogP contribution is 2.26. The number of anilines is 1. The fraction of sp³-hybridized carbons (Fsp3) is 0.542. The summed E-state index contributed by atoms with van der Waals surface area (Å²) in [5, 5.41) is 0.426. The summed E-state index contributed by atoms with van der Waals surface area (Å²) in [7, 11) is 3.74. The van der Waals surface area contributed by atoms with E-state index in [1.807, 2.05) is 12.4 Å². The molecule has 0 spiro atoms. The lowest BCUT2D eigenvalue weighted by molar-refractivity contribution is 0.0998. The van der Waals surface area contributed by atoms with Crippen molar-refractivity contribution in [1.29, 1.82) is 0 Å². The minimum Gasteiger partial charge on any atom is -0.341 e. The minimum absolute atomic E-state index is 0.123. The lowest BCUT2D eigenvalue weighted by Crippen LogP contribution is -2.49. The predicted molar refractivity (Wildman–Crippen MR) is 136 cm³/mol. The van der Waals surface area contributed by atoms with Crippen LogP contribution in [-0.2, 0) is 13.6 Å². The number of pyridine rings is 1. The Labute approximate surface area is 208 Å². The van der Waals surface area contributed by atoms with Crippen molar-refractivity contribution in [2.45, 2.75) is 38.4 Å². The first-order valence-electron chi connectivity index (χ1n) is 12.1. The fourth-order valence-corrected chi connectivity index (χ4v) is 5.24. The molecule has 0 aliphatic carbocycles. The van der Waals surface area contributed by atoms with Crippen molar-refractivity contribution in [3.05, 3.63) is 56.0 Å². The molecule has 10 nitrogen and oxygen atoms in total. The maximum atomic E-state index is 12.9. The third-order valence-corrected chi connectivity index (χ3v) is 7.57. The Bertz CT molecular complexity index is 1330. The van der Waals surface area contributed by atoms with Crippen LogP contribution in [0.4, 0.5) is 5.95 Å². The second-order valence-electron chi connectivity index (χ2n) is 9.71. The number of piperidine rings is 1. The number of aryl methyl sites for hydroxylation is 1. The Balaban J connectivity index is 1.28. The quantitative estimate of drug-likeness (QED) is 0.500. The van der Waals surface area contributed by atoms with Crippen LogP contribution in [0.25, 0.3) is 11.2 Å². The van der Waals surface area contributed by atoms with Crippen LogP contribution in [0.1, 0.15) is 31.4 Å². The first-order chi connectivity index (χ1) is 16.8. The van der Waals surface area contributed by atoms with Gasteiger partial charge in [-0.15, -0.1) is 0 Å². The summed E-state index contributed by atoms with van der Waals surface area (Å²) in [6, 6.07) is 2.10. The maximum Gasteiger partial charge on any atom is 0.318 e. The fourth-order valence-electron chi connectivity index (χ4n) is 5.09. The number of fused-ring (bicyclic) bond motifs is 1. The van der Waals surface area contributed by atoms with Gasteiger partial charge in [0, 0.05) is 82.6 Å². The molecule has 2 fully saturated rings.